The van der Waals surface area contributed by atoms with Crippen LogP contribution in [-0.2, 0) is 11.2 Å². The Morgan fingerprint density at radius 3 is 2.31 bits per heavy atom. The molecule has 0 aliphatic heterocycles. The zero-order valence-electron chi connectivity index (χ0n) is 14.9. The van der Waals surface area contributed by atoms with Gasteiger partial charge < -0.3 is 10.1 Å². The highest BCUT2D eigenvalue weighted by Crippen LogP contribution is 2.23. The van der Waals surface area contributed by atoms with Crippen LogP contribution in [0.4, 0.5) is 5.69 Å². The molecule has 26 heavy (non-hydrogen) atoms. The normalized spacial score (nSPS) is 10.6. The lowest BCUT2D eigenvalue weighted by molar-refractivity contribution is -0.115. The Morgan fingerprint density at radius 1 is 1.12 bits per heavy atom. The van der Waals surface area contributed by atoms with Gasteiger partial charge in [0.05, 0.1) is 35.1 Å². The van der Waals surface area contributed by atoms with Gasteiger partial charge in [0.1, 0.15) is 5.75 Å². The SMILES string of the molecule is COc1ccc(CC(=O)Nc2ccc(-n3nc(C)c(Br)c3C)cc2)cc1. The number of hydrogen-bond acceptors (Lipinski definition) is 3. The predicted molar refractivity (Wildman–Crippen MR) is 106 cm³/mol. The summed E-state index contributed by atoms with van der Waals surface area (Å²) in [6, 6.07) is 15.1. The first kappa shape index (κ1) is 18.2. The second kappa shape index (κ2) is 7.74. The average Bonchev–Trinajstić information content (AvgIpc) is 2.90. The van der Waals surface area contributed by atoms with Gasteiger partial charge in [-0.3, -0.25) is 4.79 Å². The molecule has 0 fully saturated rings. The molecule has 5 nitrogen and oxygen atoms in total. The zero-order valence-corrected chi connectivity index (χ0v) is 16.5. The molecule has 1 heterocycles. The summed E-state index contributed by atoms with van der Waals surface area (Å²) >= 11 is 3.54. The molecule has 0 saturated heterocycles. The monoisotopic (exact) mass is 413 g/mol. The number of aromatic nitrogens is 2. The fourth-order valence-electron chi connectivity index (χ4n) is 2.69. The lowest BCUT2D eigenvalue weighted by Gasteiger charge is -2.08. The van der Waals surface area contributed by atoms with Crippen molar-refractivity contribution in [3.05, 3.63) is 70.0 Å². The molecular weight excluding hydrogens is 394 g/mol. The summed E-state index contributed by atoms with van der Waals surface area (Å²) < 4.78 is 8.01. The molecule has 0 bridgehead atoms. The molecule has 3 aromatic rings. The lowest BCUT2D eigenvalue weighted by Crippen LogP contribution is -2.14. The zero-order chi connectivity index (χ0) is 18.7. The molecule has 1 N–H and O–H groups in total. The van der Waals surface area contributed by atoms with Crippen molar-refractivity contribution in [1.82, 2.24) is 9.78 Å². The van der Waals surface area contributed by atoms with Gasteiger partial charge in [-0.15, -0.1) is 0 Å². The van der Waals surface area contributed by atoms with Crippen LogP contribution in [0.3, 0.4) is 0 Å². The van der Waals surface area contributed by atoms with Crippen molar-refractivity contribution in [3.8, 4) is 11.4 Å². The van der Waals surface area contributed by atoms with Crippen molar-refractivity contribution in [2.45, 2.75) is 20.3 Å². The van der Waals surface area contributed by atoms with Crippen LogP contribution in [0, 0.1) is 13.8 Å². The molecule has 2 aromatic carbocycles. The van der Waals surface area contributed by atoms with Gasteiger partial charge >= 0.3 is 0 Å². The van der Waals surface area contributed by atoms with Crippen molar-refractivity contribution in [3.63, 3.8) is 0 Å². The smallest absolute Gasteiger partial charge is 0.228 e. The number of nitrogens with one attached hydrogen (secondary N) is 1. The fraction of sp³-hybridized carbons (Fsp3) is 0.200. The van der Waals surface area contributed by atoms with Gasteiger partial charge in [0.25, 0.3) is 0 Å². The number of hydrogen-bond donors (Lipinski definition) is 1. The van der Waals surface area contributed by atoms with Gasteiger partial charge in [0.2, 0.25) is 5.91 Å². The van der Waals surface area contributed by atoms with Crippen LogP contribution in [0.25, 0.3) is 5.69 Å². The van der Waals surface area contributed by atoms with Crippen molar-refractivity contribution in [2.75, 3.05) is 12.4 Å². The Balaban J connectivity index is 1.66. The molecule has 6 heteroatoms. The Morgan fingerprint density at radius 2 is 1.77 bits per heavy atom. The van der Waals surface area contributed by atoms with E-state index < -0.39 is 0 Å². The molecule has 1 aromatic heterocycles. The lowest BCUT2D eigenvalue weighted by atomic mass is 10.1. The van der Waals surface area contributed by atoms with Crippen molar-refractivity contribution in [1.29, 1.82) is 0 Å². The third-order valence-electron chi connectivity index (χ3n) is 4.12. The van der Waals surface area contributed by atoms with Gasteiger partial charge in [-0.2, -0.15) is 5.10 Å². The number of aryl methyl sites for hydroxylation is 1. The van der Waals surface area contributed by atoms with Crippen molar-refractivity contribution >= 4 is 27.5 Å². The van der Waals surface area contributed by atoms with Gasteiger partial charge in [-0.25, -0.2) is 4.68 Å². The van der Waals surface area contributed by atoms with Gasteiger partial charge in [-0.05, 0) is 71.7 Å². The molecule has 0 spiro atoms. The van der Waals surface area contributed by atoms with E-state index in [1.54, 1.807) is 7.11 Å². The predicted octanol–water partition coefficient (Wildman–Crippen LogP) is 4.44. The first-order valence-corrected chi connectivity index (χ1v) is 9.02. The third kappa shape index (κ3) is 3.96. The number of amides is 1. The van der Waals surface area contributed by atoms with E-state index in [1.165, 1.54) is 0 Å². The van der Waals surface area contributed by atoms with Crippen LogP contribution in [-0.4, -0.2) is 22.8 Å². The number of halogens is 1. The number of nitrogens with zero attached hydrogens (tertiary/aromatic N) is 2. The summed E-state index contributed by atoms with van der Waals surface area (Å²) in [6.07, 6.45) is 0.316. The summed E-state index contributed by atoms with van der Waals surface area (Å²) in [5, 5.41) is 7.43. The highest BCUT2D eigenvalue weighted by Gasteiger charge is 2.10. The first-order chi connectivity index (χ1) is 12.5. The second-order valence-electron chi connectivity index (χ2n) is 6.02. The number of rotatable bonds is 5. The number of methoxy groups -OCH3 is 1. The van der Waals surface area contributed by atoms with Crippen LogP contribution in [0.5, 0.6) is 5.75 Å². The van der Waals surface area contributed by atoms with E-state index in [9.17, 15) is 4.79 Å². The Bertz CT molecular complexity index is 915. The molecule has 0 unspecified atom stereocenters. The minimum atomic E-state index is -0.0585. The van der Waals surface area contributed by atoms with Crippen molar-refractivity contribution in [2.24, 2.45) is 0 Å². The highest BCUT2D eigenvalue weighted by molar-refractivity contribution is 9.10. The number of carbonyl (C=O) groups is 1. The standard InChI is InChI=1S/C20H20BrN3O2/c1-13-20(21)14(2)24(23-13)17-8-6-16(7-9-17)22-19(25)12-15-4-10-18(26-3)11-5-15/h4-11H,12H2,1-3H3,(H,22,25). The third-order valence-corrected chi connectivity index (χ3v) is 5.27. The Kier molecular flexibility index (Phi) is 5.42. The number of carbonyl (C=O) groups excluding carboxylic acids is 1. The van der Waals surface area contributed by atoms with E-state index in [0.29, 0.717) is 6.42 Å². The molecule has 3 rings (SSSR count). The van der Waals surface area contributed by atoms with E-state index in [2.05, 4.69) is 26.3 Å². The molecule has 0 aliphatic rings. The summed E-state index contributed by atoms with van der Waals surface area (Å²) in [4.78, 5) is 12.2. The van der Waals surface area contributed by atoms with Crippen LogP contribution < -0.4 is 10.1 Å². The molecular formula is C20H20BrN3O2. The average molecular weight is 414 g/mol. The van der Waals surface area contributed by atoms with Crippen LogP contribution in [0.15, 0.2) is 53.0 Å². The first-order valence-electron chi connectivity index (χ1n) is 8.23. The molecule has 1 amide bonds. The van der Waals surface area contributed by atoms with E-state index in [1.807, 2.05) is 67.1 Å². The maximum absolute atomic E-state index is 12.2. The summed E-state index contributed by atoms with van der Waals surface area (Å²) in [6.45, 7) is 3.97. The topological polar surface area (TPSA) is 56.1 Å². The van der Waals surface area contributed by atoms with Gasteiger partial charge in [0.15, 0.2) is 0 Å². The molecule has 0 radical (unpaired) electrons. The van der Waals surface area contributed by atoms with E-state index >= 15 is 0 Å². The Hall–Kier alpha value is -2.60. The van der Waals surface area contributed by atoms with Crippen LogP contribution in [0.1, 0.15) is 17.0 Å². The van der Waals surface area contributed by atoms with Crippen molar-refractivity contribution < 1.29 is 9.53 Å². The molecule has 0 atom stereocenters. The van der Waals surface area contributed by atoms with Crippen LogP contribution >= 0.6 is 15.9 Å². The maximum Gasteiger partial charge on any atom is 0.228 e. The fourth-order valence-corrected chi connectivity index (χ4v) is 2.94. The highest BCUT2D eigenvalue weighted by atomic mass is 79.9. The maximum atomic E-state index is 12.2. The molecule has 0 aliphatic carbocycles. The minimum Gasteiger partial charge on any atom is -0.497 e. The van der Waals surface area contributed by atoms with Crippen LogP contribution in [0.2, 0.25) is 0 Å². The van der Waals surface area contributed by atoms with Gasteiger partial charge in [-0.1, -0.05) is 12.1 Å². The summed E-state index contributed by atoms with van der Waals surface area (Å²) in [5.41, 5.74) is 4.63. The summed E-state index contributed by atoms with van der Waals surface area (Å²) in [7, 11) is 1.62. The number of ether oxygens (including phenoxy) is 1. The minimum absolute atomic E-state index is 0.0585. The largest absolute Gasteiger partial charge is 0.497 e. The quantitative estimate of drug-likeness (QED) is 0.672. The van der Waals surface area contributed by atoms with E-state index in [4.69, 9.17) is 4.74 Å². The summed E-state index contributed by atoms with van der Waals surface area (Å²) in [5.74, 6) is 0.720. The second-order valence-corrected chi connectivity index (χ2v) is 6.81. The van der Waals surface area contributed by atoms with Gasteiger partial charge in [0, 0.05) is 5.69 Å². The van der Waals surface area contributed by atoms with E-state index in [-0.39, 0.29) is 5.91 Å². The van der Waals surface area contributed by atoms with E-state index in [0.717, 1.165) is 38.5 Å². The molecule has 134 valence electrons. The number of anilines is 1. The Labute approximate surface area is 161 Å². The molecule has 0 saturated carbocycles. The number of benzene rings is 2.